The lowest BCUT2D eigenvalue weighted by atomic mass is 9.32. The molecule has 6 aromatic carbocycles. The molecule has 0 amide bonds. The van der Waals surface area contributed by atoms with Crippen LogP contribution in [0, 0.1) is 6.85 Å². The van der Waals surface area contributed by atoms with Crippen LogP contribution in [0.15, 0.2) is 91.0 Å². The molecular weight excluding hydrogens is 840 g/mol. The standard InChI is InChI=1S/C64H73BN2S/c1-37-29-52-56-53(30-37)67(49-24-22-40-39-19-17-18-20-54(39)68-57(40)55(49)58(2,3)4)51-35-46-44(63(13,14)36-64(46,15)16)33-48(51)65(56)47-32-43-45(62(11,12)28-27-61(43,9)10)34-50(47)66(52)38-21-23-41-42(31-38)60(7,8)26-25-59(41,5)6/h17-24,29-35H,25-28,36H2,1-16H3/i1D3. The summed E-state index contributed by atoms with van der Waals surface area (Å²) in [7, 11) is 0. The van der Waals surface area contributed by atoms with E-state index in [0.29, 0.717) is 5.56 Å². The summed E-state index contributed by atoms with van der Waals surface area (Å²) in [5.74, 6) is 0. The van der Waals surface area contributed by atoms with Crippen molar-refractivity contribution >= 4 is 88.7 Å². The van der Waals surface area contributed by atoms with E-state index in [9.17, 15) is 4.11 Å². The summed E-state index contributed by atoms with van der Waals surface area (Å²) in [5, 5.41) is 2.56. The highest BCUT2D eigenvalue weighted by molar-refractivity contribution is 7.26. The Hall–Kier alpha value is -4.80. The maximum Gasteiger partial charge on any atom is 0.252 e. The van der Waals surface area contributed by atoms with Gasteiger partial charge in [0.15, 0.2) is 0 Å². The zero-order valence-electron chi connectivity index (χ0n) is 46.6. The predicted octanol–water partition coefficient (Wildman–Crippen LogP) is 16.4. The molecule has 2 nitrogen and oxygen atoms in total. The van der Waals surface area contributed by atoms with Crippen LogP contribution in [0.4, 0.5) is 34.1 Å². The second-order valence-electron chi connectivity index (χ2n) is 26.8. The molecule has 2 aliphatic heterocycles. The number of anilines is 6. The molecule has 0 bridgehead atoms. The third-order valence-electron chi connectivity index (χ3n) is 18.1. The lowest BCUT2D eigenvalue weighted by molar-refractivity contribution is 0.332. The molecule has 0 unspecified atom stereocenters. The van der Waals surface area contributed by atoms with E-state index in [4.69, 9.17) is 0 Å². The zero-order valence-corrected chi connectivity index (χ0v) is 44.4. The predicted molar refractivity (Wildman–Crippen MR) is 298 cm³/mol. The third kappa shape index (κ3) is 6.13. The first-order valence-corrected chi connectivity index (χ1v) is 26.5. The Balaban J connectivity index is 1.26. The lowest BCUT2D eigenvalue weighted by Crippen LogP contribution is -2.62. The first-order valence-electron chi connectivity index (χ1n) is 27.2. The van der Waals surface area contributed by atoms with E-state index < -0.39 is 6.85 Å². The van der Waals surface area contributed by atoms with Gasteiger partial charge in [-0.05, 0) is 186 Å². The molecular formula is C64H73BN2S. The van der Waals surface area contributed by atoms with Crippen molar-refractivity contribution in [2.24, 2.45) is 0 Å². The molecule has 1 aromatic heterocycles. The maximum atomic E-state index is 9.31. The van der Waals surface area contributed by atoms with E-state index in [1.165, 1.54) is 86.9 Å². The average Bonchev–Trinajstić information content (AvgIpc) is 3.74. The van der Waals surface area contributed by atoms with Crippen molar-refractivity contribution in [2.45, 2.75) is 181 Å². The average molecular weight is 916 g/mol. The normalized spacial score (nSPS) is 21.5. The minimum atomic E-state index is -2.37. The molecule has 7 aromatic rings. The number of thiophene rings is 1. The van der Waals surface area contributed by atoms with Crippen LogP contribution in [0.5, 0.6) is 0 Å². The van der Waals surface area contributed by atoms with Crippen LogP contribution in [-0.2, 0) is 37.9 Å². The van der Waals surface area contributed by atoms with E-state index in [1.54, 1.807) is 0 Å². The Kier molecular flexibility index (Phi) is 8.29. The second-order valence-corrected chi connectivity index (χ2v) is 27.9. The molecule has 4 heteroatoms. The molecule has 0 spiro atoms. The fraction of sp³-hybridized carbons (Fsp3) is 0.438. The van der Waals surface area contributed by atoms with Gasteiger partial charge in [0.25, 0.3) is 6.71 Å². The third-order valence-corrected chi connectivity index (χ3v) is 19.3. The van der Waals surface area contributed by atoms with Gasteiger partial charge in [0, 0.05) is 52.7 Å². The minimum absolute atomic E-state index is 0.0187. The topological polar surface area (TPSA) is 6.48 Å². The molecule has 3 aliphatic carbocycles. The van der Waals surface area contributed by atoms with E-state index in [2.05, 4.69) is 205 Å². The highest BCUT2D eigenvalue weighted by Crippen LogP contribution is 2.57. The Morgan fingerprint density at radius 2 is 1.01 bits per heavy atom. The van der Waals surface area contributed by atoms with Crippen molar-refractivity contribution < 1.29 is 4.11 Å². The van der Waals surface area contributed by atoms with Gasteiger partial charge in [0.1, 0.15) is 0 Å². The van der Waals surface area contributed by atoms with Gasteiger partial charge in [-0.1, -0.05) is 146 Å². The van der Waals surface area contributed by atoms with Crippen LogP contribution in [0.25, 0.3) is 20.2 Å². The molecule has 0 fully saturated rings. The van der Waals surface area contributed by atoms with Crippen molar-refractivity contribution in [3.8, 4) is 0 Å². The Bertz CT molecular complexity index is 3460. The maximum absolute atomic E-state index is 9.31. The van der Waals surface area contributed by atoms with Gasteiger partial charge in [-0.2, -0.15) is 0 Å². The number of nitrogens with zero attached hydrogens (tertiary/aromatic N) is 2. The molecule has 0 saturated heterocycles. The van der Waals surface area contributed by atoms with E-state index in [-0.39, 0.29) is 44.6 Å². The molecule has 0 saturated carbocycles. The molecule has 348 valence electrons. The van der Waals surface area contributed by atoms with Gasteiger partial charge in [-0.3, -0.25) is 0 Å². The van der Waals surface area contributed by atoms with E-state index in [1.807, 2.05) is 11.3 Å². The SMILES string of the molecule is [2H]C([2H])([2H])c1cc2c3c(c1)N(c1ccc4c(sc5ccccc54)c1C(C)(C)C)c1cc4c(cc1B3c1cc3c(cc1N2c1ccc2c(c1)C(C)(C)CCC2(C)C)C(C)(C)CCC3(C)C)C(C)(C)CC4(C)C. The van der Waals surface area contributed by atoms with Crippen molar-refractivity contribution in [1.82, 2.24) is 0 Å². The summed E-state index contributed by atoms with van der Waals surface area (Å²) in [5.41, 5.74) is 20.1. The van der Waals surface area contributed by atoms with Gasteiger partial charge < -0.3 is 9.80 Å². The van der Waals surface area contributed by atoms with Crippen LogP contribution in [0.1, 0.15) is 185 Å². The summed E-state index contributed by atoms with van der Waals surface area (Å²) < 4.78 is 30.5. The molecule has 3 heterocycles. The Morgan fingerprint density at radius 3 is 1.62 bits per heavy atom. The summed E-state index contributed by atoms with van der Waals surface area (Å²) in [6.45, 7) is 33.7. The quantitative estimate of drug-likeness (QED) is 0.159. The van der Waals surface area contributed by atoms with Crippen LogP contribution >= 0.6 is 11.3 Å². The second kappa shape index (κ2) is 13.7. The fourth-order valence-corrected chi connectivity index (χ4v) is 15.9. The van der Waals surface area contributed by atoms with E-state index in [0.717, 1.165) is 54.9 Å². The molecule has 68 heavy (non-hydrogen) atoms. The minimum Gasteiger partial charge on any atom is -0.311 e. The monoisotopic (exact) mass is 916 g/mol. The summed E-state index contributed by atoms with van der Waals surface area (Å²) in [4.78, 5) is 5.05. The van der Waals surface area contributed by atoms with Crippen LogP contribution in [-0.4, -0.2) is 6.71 Å². The van der Waals surface area contributed by atoms with Crippen molar-refractivity contribution in [3.05, 3.63) is 136 Å². The summed E-state index contributed by atoms with van der Waals surface area (Å²) in [6, 6.07) is 35.3. The van der Waals surface area contributed by atoms with Crippen LogP contribution < -0.4 is 26.2 Å². The zero-order chi connectivity index (χ0) is 50.7. The Morgan fingerprint density at radius 1 is 0.500 bits per heavy atom. The van der Waals surface area contributed by atoms with Crippen LogP contribution in [0.2, 0.25) is 0 Å². The number of hydrogen-bond acceptors (Lipinski definition) is 3. The molecule has 5 aliphatic rings. The largest absolute Gasteiger partial charge is 0.311 e. The van der Waals surface area contributed by atoms with Gasteiger partial charge in [0.2, 0.25) is 0 Å². The number of benzene rings is 6. The molecule has 0 atom stereocenters. The van der Waals surface area contributed by atoms with Gasteiger partial charge in [0.05, 0.1) is 5.69 Å². The summed E-state index contributed by atoms with van der Waals surface area (Å²) in [6.07, 6.45) is 5.53. The molecule has 12 rings (SSSR count). The lowest BCUT2D eigenvalue weighted by Gasteiger charge is -2.48. The van der Waals surface area contributed by atoms with Crippen molar-refractivity contribution in [2.75, 3.05) is 9.80 Å². The number of rotatable bonds is 2. The summed E-state index contributed by atoms with van der Waals surface area (Å²) >= 11 is 1.89. The molecule has 0 N–H and O–H groups in total. The van der Waals surface area contributed by atoms with Crippen molar-refractivity contribution in [1.29, 1.82) is 0 Å². The van der Waals surface area contributed by atoms with Crippen molar-refractivity contribution in [3.63, 3.8) is 0 Å². The highest BCUT2D eigenvalue weighted by atomic mass is 32.1. The highest BCUT2D eigenvalue weighted by Gasteiger charge is 2.50. The fourth-order valence-electron chi connectivity index (χ4n) is 14.5. The smallest absolute Gasteiger partial charge is 0.252 e. The first kappa shape index (κ1) is 41.0. The number of aryl methyl sites for hydroxylation is 1. The Labute approximate surface area is 416 Å². The molecule has 0 radical (unpaired) electrons. The number of fused-ring (bicyclic) bond motifs is 10. The number of hydrogen-bond donors (Lipinski definition) is 0. The van der Waals surface area contributed by atoms with Gasteiger partial charge >= 0.3 is 0 Å². The van der Waals surface area contributed by atoms with Gasteiger partial charge in [-0.15, -0.1) is 11.3 Å². The van der Waals surface area contributed by atoms with E-state index >= 15 is 0 Å². The van der Waals surface area contributed by atoms with Gasteiger partial charge in [-0.25, -0.2) is 0 Å². The van der Waals surface area contributed by atoms with Crippen LogP contribution in [0.3, 0.4) is 0 Å². The first-order chi connectivity index (χ1) is 32.9.